The zero-order valence-electron chi connectivity index (χ0n) is 18.5. The van der Waals surface area contributed by atoms with Gasteiger partial charge in [0, 0.05) is 19.7 Å². The van der Waals surface area contributed by atoms with E-state index in [1.54, 1.807) is 19.2 Å². The second-order valence-corrected chi connectivity index (χ2v) is 8.93. The van der Waals surface area contributed by atoms with Gasteiger partial charge in [-0.05, 0) is 25.5 Å². The van der Waals surface area contributed by atoms with Gasteiger partial charge in [-0.2, -0.15) is 0 Å². The van der Waals surface area contributed by atoms with Crippen LogP contribution in [0.3, 0.4) is 0 Å². The highest BCUT2D eigenvalue weighted by molar-refractivity contribution is 5.96. The largest absolute Gasteiger partial charge is 0.508 e. The maximum Gasteiger partial charge on any atom is 0.331 e. The van der Waals surface area contributed by atoms with E-state index < -0.39 is 17.3 Å². The summed E-state index contributed by atoms with van der Waals surface area (Å²) >= 11 is 0. The van der Waals surface area contributed by atoms with E-state index in [9.17, 15) is 14.7 Å². The van der Waals surface area contributed by atoms with Crippen molar-refractivity contribution in [1.29, 1.82) is 0 Å². The zero-order valence-corrected chi connectivity index (χ0v) is 18.5. The Labute approximate surface area is 184 Å². The summed E-state index contributed by atoms with van der Waals surface area (Å²) < 4.78 is 11.1. The van der Waals surface area contributed by atoms with Crippen LogP contribution in [0.15, 0.2) is 64.2 Å². The van der Waals surface area contributed by atoms with E-state index in [4.69, 9.17) is 4.74 Å². The molecule has 0 saturated heterocycles. The number of benzene rings is 2. The van der Waals surface area contributed by atoms with E-state index in [1.165, 1.54) is 11.6 Å². The molecule has 2 aromatic carbocycles. The molecule has 7 nitrogen and oxygen atoms in total. The Bertz CT molecular complexity index is 1480. The van der Waals surface area contributed by atoms with E-state index in [0.717, 1.165) is 15.8 Å². The van der Waals surface area contributed by atoms with E-state index in [1.807, 2.05) is 56.3 Å². The molecule has 1 aliphatic rings. The van der Waals surface area contributed by atoms with Gasteiger partial charge < -0.3 is 14.4 Å². The van der Waals surface area contributed by atoms with Gasteiger partial charge in [0.15, 0.2) is 0 Å². The Morgan fingerprint density at radius 2 is 1.62 bits per heavy atom. The predicted octanol–water partition coefficient (Wildman–Crippen LogP) is 3.27. The molecular weight excluding hydrogens is 406 g/mol. The highest BCUT2D eigenvalue weighted by Crippen LogP contribution is 2.46. The topological polar surface area (TPSA) is 78.4 Å². The zero-order chi connectivity index (χ0) is 22.8. The number of phenolic OH excluding ortho intramolecular Hbond substituents is 1. The van der Waals surface area contributed by atoms with Gasteiger partial charge in [-0.1, -0.05) is 48.5 Å². The highest BCUT2D eigenvalue weighted by atomic mass is 16.5. The summed E-state index contributed by atoms with van der Waals surface area (Å²) in [7, 11) is 3.17. The second kappa shape index (κ2) is 6.97. The van der Waals surface area contributed by atoms with Crippen molar-refractivity contribution in [3.8, 4) is 17.0 Å². The second-order valence-electron chi connectivity index (χ2n) is 8.93. The summed E-state index contributed by atoms with van der Waals surface area (Å²) in [5, 5.41) is 11.1. The molecule has 32 heavy (non-hydrogen) atoms. The molecule has 0 saturated carbocycles. The molecule has 1 N–H and O–H groups in total. The number of para-hydroxylation sites is 1. The molecule has 1 aliphatic heterocycles. The van der Waals surface area contributed by atoms with E-state index >= 15 is 0 Å². The van der Waals surface area contributed by atoms with Crippen molar-refractivity contribution < 1.29 is 9.84 Å². The Morgan fingerprint density at radius 1 is 0.969 bits per heavy atom. The molecule has 0 amide bonds. The Kier molecular flexibility index (Phi) is 4.43. The van der Waals surface area contributed by atoms with Crippen molar-refractivity contribution >= 4 is 10.9 Å². The first-order valence-corrected chi connectivity index (χ1v) is 10.5. The molecule has 4 aromatic rings. The minimum Gasteiger partial charge on any atom is -0.508 e. The maximum absolute atomic E-state index is 13.5. The molecule has 0 aliphatic carbocycles. The van der Waals surface area contributed by atoms with Gasteiger partial charge >= 0.3 is 5.69 Å². The molecule has 164 valence electrons. The highest BCUT2D eigenvalue weighted by Gasteiger charge is 2.41. The number of aromatic hydroxyl groups is 1. The SMILES string of the molecule is Cn1c(=O)c2c(-c3ccccc3)n3c(c2n(C)c1=O)C(c1ccccc1O)OCC3(C)C. The Balaban J connectivity index is 2.04. The van der Waals surface area contributed by atoms with Gasteiger partial charge in [-0.3, -0.25) is 13.9 Å². The molecule has 0 radical (unpaired) electrons. The fraction of sp³-hybridized carbons (Fsp3) is 0.280. The van der Waals surface area contributed by atoms with Crippen molar-refractivity contribution in [1.82, 2.24) is 13.7 Å². The van der Waals surface area contributed by atoms with Crippen LogP contribution in [-0.4, -0.2) is 25.4 Å². The summed E-state index contributed by atoms with van der Waals surface area (Å²) in [6.45, 7) is 4.46. The number of rotatable bonds is 2. The number of hydrogen-bond acceptors (Lipinski definition) is 4. The van der Waals surface area contributed by atoms with Crippen LogP contribution in [0.25, 0.3) is 22.2 Å². The van der Waals surface area contributed by atoms with Gasteiger partial charge in [0.25, 0.3) is 5.56 Å². The van der Waals surface area contributed by atoms with Gasteiger partial charge in [0.2, 0.25) is 0 Å². The van der Waals surface area contributed by atoms with Crippen LogP contribution >= 0.6 is 0 Å². The van der Waals surface area contributed by atoms with Crippen LogP contribution in [0.2, 0.25) is 0 Å². The van der Waals surface area contributed by atoms with Crippen molar-refractivity contribution in [3.63, 3.8) is 0 Å². The summed E-state index contributed by atoms with van der Waals surface area (Å²) in [6.07, 6.45) is -0.637. The number of phenols is 1. The monoisotopic (exact) mass is 431 g/mol. The quantitative estimate of drug-likeness (QED) is 0.528. The minimum absolute atomic E-state index is 0.105. The van der Waals surface area contributed by atoms with Crippen LogP contribution < -0.4 is 11.2 Å². The van der Waals surface area contributed by atoms with Crippen molar-refractivity contribution in [2.24, 2.45) is 14.1 Å². The molecule has 2 aromatic heterocycles. The van der Waals surface area contributed by atoms with Gasteiger partial charge in [0.1, 0.15) is 11.9 Å². The first-order valence-electron chi connectivity index (χ1n) is 10.5. The number of nitrogens with zero attached hydrogens (tertiary/aromatic N) is 3. The fourth-order valence-electron chi connectivity index (χ4n) is 4.81. The molecule has 5 rings (SSSR count). The molecular formula is C25H25N3O4. The van der Waals surface area contributed by atoms with Crippen molar-refractivity contribution in [2.45, 2.75) is 25.5 Å². The van der Waals surface area contributed by atoms with Crippen LogP contribution in [0.5, 0.6) is 5.75 Å². The molecule has 0 fully saturated rings. The maximum atomic E-state index is 13.5. The predicted molar refractivity (Wildman–Crippen MR) is 123 cm³/mol. The number of hydrogen-bond donors (Lipinski definition) is 1. The molecule has 3 heterocycles. The normalized spacial score (nSPS) is 17.4. The summed E-state index contributed by atoms with van der Waals surface area (Å²) in [6, 6.07) is 16.7. The first kappa shape index (κ1) is 20.3. The summed E-state index contributed by atoms with van der Waals surface area (Å²) in [5.74, 6) is 0.105. The fourth-order valence-corrected chi connectivity index (χ4v) is 4.81. The summed E-state index contributed by atoms with van der Waals surface area (Å²) in [5.41, 5.74) is 2.18. The standard InChI is InChI=1S/C25H25N3O4/c1-25(2)14-32-22(16-12-8-9-13-17(16)29)21-20-18(23(30)27(4)24(31)26(20)3)19(28(21)25)15-10-6-5-7-11-15/h5-13,22,29H,14H2,1-4H3. The average Bonchev–Trinajstić information content (AvgIpc) is 3.15. The average molecular weight is 431 g/mol. The van der Waals surface area contributed by atoms with Gasteiger partial charge in [0.05, 0.1) is 34.4 Å². The van der Waals surface area contributed by atoms with Crippen molar-refractivity contribution in [3.05, 3.63) is 86.7 Å². The van der Waals surface area contributed by atoms with Gasteiger partial charge in [-0.15, -0.1) is 0 Å². The summed E-state index contributed by atoms with van der Waals surface area (Å²) in [4.78, 5) is 26.4. The molecule has 1 unspecified atom stereocenters. The number of aryl methyl sites for hydroxylation is 1. The minimum atomic E-state index is -0.637. The number of fused-ring (bicyclic) bond motifs is 3. The van der Waals surface area contributed by atoms with Crippen LogP contribution in [-0.2, 0) is 24.4 Å². The smallest absolute Gasteiger partial charge is 0.331 e. The van der Waals surface area contributed by atoms with E-state index in [2.05, 4.69) is 4.57 Å². The number of aromatic nitrogens is 3. The van der Waals surface area contributed by atoms with E-state index in [0.29, 0.717) is 28.8 Å². The Hall–Kier alpha value is -3.58. The molecule has 7 heteroatoms. The number of ether oxygens (including phenoxy) is 1. The third-order valence-electron chi connectivity index (χ3n) is 6.33. The lowest BCUT2D eigenvalue weighted by atomic mass is 9.97. The van der Waals surface area contributed by atoms with Crippen LogP contribution in [0, 0.1) is 0 Å². The third kappa shape index (κ3) is 2.71. The van der Waals surface area contributed by atoms with E-state index in [-0.39, 0.29) is 11.3 Å². The molecule has 1 atom stereocenters. The van der Waals surface area contributed by atoms with Crippen molar-refractivity contribution in [2.75, 3.05) is 6.61 Å². The Morgan fingerprint density at radius 3 is 2.31 bits per heavy atom. The molecule has 0 spiro atoms. The lowest BCUT2D eigenvalue weighted by molar-refractivity contribution is -0.00798. The lowest BCUT2D eigenvalue weighted by Crippen LogP contribution is -2.40. The van der Waals surface area contributed by atoms with Crippen LogP contribution in [0.4, 0.5) is 0 Å². The third-order valence-corrected chi connectivity index (χ3v) is 6.33. The lowest BCUT2D eigenvalue weighted by Gasteiger charge is -2.39. The molecule has 0 bridgehead atoms. The first-order chi connectivity index (χ1) is 15.2. The van der Waals surface area contributed by atoms with Crippen LogP contribution in [0.1, 0.15) is 31.2 Å². The van der Waals surface area contributed by atoms with Gasteiger partial charge in [-0.25, -0.2) is 4.79 Å².